The molecule has 1 unspecified atom stereocenters. The van der Waals surface area contributed by atoms with Gasteiger partial charge in [-0.15, -0.1) is 0 Å². The lowest BCUT2D eigenvalue weighted by atomic mass is 10.0. The Balaban J connectivity index is 2.41. The number of carboxylic acids is 1. The molecule has 0 saturated carbocycles. The minimum Gasteiger partial charge on any atom is -0.480 e. The highest BCUT2D eigenvalue weighted by Gasteiger charge is 2.32. The SMILES string of the molecule is CCc1ccc(C(=O)N2CCCCC2C(=O)O)cc1S(C)(=O)=O. The van der Waals surface area contributed by atoms with Gasteiger partial charge in [-0.25, -0.2) is 13.2 Å². The van der Waals surface area contributed by atoms with Crippen molar-refractivity contribution in [3.8, 4) is 0 Å². The first kappa shape index (κ1) is 17.5. The third-order valence-corrected chi connectivity index (χ3v) is 5.32. The smallest absolute Gasteiger partial charge is 0.326 e. The summed E-state index contributed by atoms with van der Waals surface area (Å²) in [5.74, 6) is -1.45. The number of benzene rings is 1. The molecule has 126 valence electrons. The summed E-state index contributed by atoms with van der Waals surface area (Å²) >= 11 is 0. The zero-order chi connectivity index (χ0) is 17.2. The number of carboxylic acid groups (broad SMARTS) is 1. The van der Waals surface area contributed by atoms with Crippen LogP contribution in [0, 0.1) is 0 Å². The Kier molecular flexibility index (Phi) is 5.09. The molecule has 23 heavy (non-hydrogen) atoms. The lowest BCUT2D eigenvalue weighted by molar-refractivity contribution is -0.143. The molecule has 0 radical (unpaired) electrons. The number of nitrogens with zero attached hydrogens (tertiary/aromatic N) is 1. The van der Waals surface area contributed by atoms with Crippen molar-refractivity contribution in [2.45, 2.75) is 43.5 Å². The standard InChI is InChI=1S/C16H21NO5S/c1-3-11-7-8-12(10-14(11)23(2,21)22)15(18)17-9-5-4-6-13(17)16(19)20/h7-8,10,13H,3-6,9H2,1-2H3,(H,19,20). The maximum absolute atomic E-state index is 12.7. The van der Waals surface area contributed by atoms with Gasteiger partial charge in [-0.3, -0.25) is 4.79 Å². The van der Waals surface area contributed by atoms with E-state index in [1.165, 1.54) is 11.0 Å². The number of carbonyl (C=O) groups excluding carboxylic acids is 1. The number of likely N-dealkylation sites (tertiary alicyclic amines) is 1. The highest BCUT2D eigenvalue weighted by atomic mass is 32.2. The molecule has 1 aromatic rings. The molecular formula is C16H21NO5S. The molecule has 1 aromatic carbocycles. The van der Waals surface area contributed by atoms with Crippen LogP contribution in [0.5, 0.6) is 0 Å². The lowest BCUT2D eigenvalue weighted by Gasteiger charge is -2.33. The lowest BCUT2D eigenvalue weighted by Crippen LogP contribution is -2.48. The van der Waals surface area contributed by atoms with Gasteiger partial charge in [-0.1, -0.05) is 13.0 Å². The van der Waals surface area contributed by atoms with E-state index >= 15 is 0 Å². The Bertz CT molecular complexity index is 726. The van der Waals surface area contributed by atoms with E-state index in [0.29, 0.717) is 24.9 Å². The highest BCUT2D eigenvalue weighted by molar-refractivity contribution is 7.90. The fraction of sp³-hybridized carbons (Fsp3) is 0.500. The van der Waals surface area contributed by atoms with E-state index in [9.17, 15) is 23.1 Å². The van der Waals surface area contributed by atoms with Gasteiger partial charge in [0.25, 0.3) is 5.91 Å². The minimum absolute atomic E-state index is 0.134. The van der Waals surface area contributed by atoms with Crippen LogP contribution in [0.25, 0.3) is 0 Å². The zero-order valence-corrected chi connectivity index (χ0v) is 14.1. The molecule has 0 spiro atoms. The number of sulfone groups is 1. The van der Waals surface area contributed by atoms with Gasteiger partial charge < -0.3 is 10.0 Å². The molecule has 1 aliphatic rings. The molecule has 7 heteroatoms. The Labute approximate surface area is 136 Å². The van der Waals surface area contributed by atoms with Crippen molar-refractivity contribution in [1.29, 1.82) is 0 Å². The summed E-state index contributed by atoms with van der Waals surface area (Å²) in [6.07, 6.45) is 3.59. The van der Waals surface area contributed by atoms with Crippen LogP contribution in [0.3, 0.4) is 0 Å². The Morgan fingerprint density at radius 3 is 2.57 bits per heavy atom. The number of aliphatic carboxylic acids is 1. The van der Waals surface area contributed by atoms with Crippen LogP contribution in [-0.4, -0.2) is 49.1 Å². The van der Waals surface area contributed by atoms with Crippen molar-refractivity contribution in [1.82, 2.24) is 4.90 Å². The second kappa shape index (κ2) is 6.70. The Hall–Kier alpha value is -1.89. The van der Waals surface area contributed by atoms with Gasteiger partial charge in [0.05, 0.1) is 4.90 Å². The van der Waals surface area contributed by atoms with E-state index in [0.717, 1.165) is 19.1 Å². The van der Waals surface area contributed by atoms with Crippen molar-refractivity contribution >= 4 is 21.7 Å². The summed E-state index contributed by atoms with van der Waals surface area (Å²) in [6, 6.07) is 3.72. The van der Waals surface area contributed by atoms with Crippen molar-refractivity contribution in [3.63, 3.8) is 0 Å². The van der Waals surface area contributed by atoms with E-state index < -0.39 is 27.8 Å². The van der Waals surface area contributed by atoms with Crippen molar-refractivity contribution in [3.05, 3.63) is 29.3 Å². The van der Waals surface area contributed by atoms with Gasteiger partial charge >= 0.3 is 5.97 Å². The predicted molar refractivity (Wildman–Crippen MR) is 85.2 cm³/mol. The van der Waals surface area contributed by atoms with Crippen molar-refractivity contribution in [2.75, 3.05) is 12.8 Å². The van der Waals surface area contributed by atoms with Crippen LogP contribution in [0.1, 0.15) is 42.1 Å². The number of amides is 1. The molecule has 0 aliphatic carbocycles. The molecule has 1 N–H and O–H groups in total. The van der Waals surface area contributed by atoms with E-state index in [-0.39, 0.29) is 10.5 Å². The molecule has 1 fully saturated rings. The number of hydrogen-bond donors (Lipinski definition) is 1. The second-order valence-electron chi connectivity index (χ2n) is 5.80. The van der Waals surface area contributed by atoms with Crippen molar-refractivity contribution < 1.29 is 23.1 Å². The van der Waals surface area contributed by atoms with Crippen LogP contribution >= 0.6 is 0 Å². The molecular weight excluding hydrogens is 318 g/mol. The molecule has 1 atom stereocenters. The van der Waals surface area contributed by atoms with Crippen LogP contribution in [0.2, 0.25) is 0 Å². The summed E-state index contributed by atoms with van der Waals surface area (Å²) in [7, 11) is -3.45. The van der Waals surface area contributed by atoms with E-state index in [1.54, 1.807) is 12.1 Å². The van der Waals surface area contributed by atoms with Gasteiger partial charge in [0.15, 0.2) is 9.84 Å². The molecule has 0 bridgehead atoms. The molecule has 0 aromatic heterocycles. The highest BCUT2D eigenvalue weighted by Crippen LogP contribution is 2.23. The first-order chi connectivity index (χ1) is 10.8. The number of carbonyl (C=O) groups is 2. The maximum Gasteiger partial charge on any atom is 0.326 e. The van der Waals surface area contributed by atoms with Gasteiger partial charge in [-0.05, 0) is 43.4 Å². The monoisotopic (exact) mass is 339 g/mol. The summed E-state index contributed by atoms with van der Waals surface area (Å²) < 4.78 is 23.8. The average Bonchev–Trinajstić information content (AvgIpc) is 2.52. The number of piperidine rings is 1. The minimum atomic E-state index is -3.45. The van der Waals surface area contributed by atoms with Crippen LogP contribution in [0.4, 0.5) is 0 Å². The van der Waals surface area contributed by atoms with Crippen LogP contribution < -0.4 is 0 Å². The third-order valence-electron chi connectivity index (χ3n) is 4.14. The normalized spacial score (nSPS) is 18.7. The second-order valence-corrected chi connectivity index (χ2v) is 7.78. The zero-order valence-electron chi connectivity index (χ0n) is 13.3. The summed E-state index contributed by atoms with van der Waals surface area (Å²) in [6.45, 7) is 2.22. The van der Waals surface area contributed by atoms with E-state index in [4.69, 9.17) is 0 Å². The summed E-state index contributed by atoms with van der Waals surface area (Å²) in [4.78, 5) is 25.5. The molecule has 1 aliphatic heterocycles. The van der Waals surface area contributed by atoms with Crippen LogP contribution in [-0.2, 0) is 21.1 Å². The fourth-order valence-corrected chi connectivity index (χ4v) is 3.95. The Morgan fingerprint density at radius 1 is 1.30 bits per heavy atom. The summed E-state index contributed by atoms with van der Waals surface area (Å²) in [5, 5.41) is 9.28. The van der Waals surface area contributed by atoms with Gasteiger partial charge in [-0.2, -0.15) is 0 Å². The molecule has 6 nitrogen and oxygen atoms in total. The molecule has 2 rings (SSSR count). The number of hydrogen-bond acceptors (Lipinski definition) is 4. The van der Waals surface area contributed by atoms with E-state index in [2.05, 4.69) is 0 Å². The first-order valence-corrected chi connectivity index (χ1v) is 9.51. The average molecular weight is 339 g/mol. The van der Waals surface area contributed by atoms with Gasteiger partial charge in [0.2, 0.25) is 0 Å². The van der Waals surface area contributed by atoms with Gasteiger partial charge in [0.1, 0.15) is 6.04 Å². The molecule has 1 saturated heterocycles. The summed E-state index contributed by atoms with van der Waals surface area (Å²) in [5.41, 5.74) is 0.869. The third kappa shape index (κ3) is 3.72. The largest absolute Gasteiger partial charge is 0.480 e. The quantitative estimate of drug-likeness (QED) is 0.902. The number of rotatable bonds is 4. The molecule has 1 amide bonds. The van der Waals surface area contributed by atoms with Crippen LogP contribution in [0.15, 0.2) is 23.1 Å². The number of aryl methyl sites for hydroxylation is 1. The topological polar surface area (TPSA) is 91.8 Å². The maximum atomic E-state index is 12.7. The van der Waals surface area contributed by atoms with E-state index in [1.807, 2.05) is 6.92 Å². The van der Waals surface area contributed by atoms with Gasteiger partial charge in [0, 0.05) is 18.4 Å². The van der Waals surface area contributed by atoms with Crippen molar-refractivity contribution in [2.24, 2.45) is 0 Å². The predicted octanol–water partition coefficient (Wildman–Crippen LogP) is 1.73. The molecule has 1 heterocycles. The first-order valence-electron chi connectivity index (χ1n) is 7.62. The fourth-order valence-electron chi connectivity index (χ4n) is 2.92. The Morgan fingerprint density at radius 2 is 2.00 bits per heavy atom.